The summed E-state index contributed by atoms with van der Waals surface area (Å²) in [6.45, 7) is 3.14. The molecule has 1 saturated carbocycles. The fraction of sp³-hybridized carbons (Fsp3) is 0.314. The number of rotatable bonds is 9. The summed E-state index contributed by atoms with van der Waals surface area (Å²) in [5.41, 5.74) is 5.99. The van der Waals surface area contributed by atoms with Crippen LogP contribution in [0, 0.1) is 17.1 Å². The lowest BCUT2D eigenvalue weighted by Crippen LogP contribution is -2.38. The van der Waals surface area contributed by atoms with Crippen molar-refractivity contribution >= 4 is 11.6 Å². The molecule has 0 radical (unpaired) electrons. The third kappa shape index (κ3) is 5.99. The Hall–Kier alpha value is -3.92. The summed E-state index contributed by atoms with van der Waals surface area (Å²) in [6, 6.07) is 20.6. The van der Waals surface area contributed by atoms with E-state index in [-0.39, 0.29) is 24.1 Å². The van der Waals surface area contributed by atoms with Crippen molar-refractivity contribution in [3.8, 4) is 28.7 Å². The van der Waals surface area contributed by atoms with E-state index in [2.05, 4.69) is 29.4 Å². The number of fused-ring (bicyclic) bond motifs is 1. The Bertz CT molecular complexity index is 1640. The predicted octanol–water partition coefficient (Wildman–Crippen LogP) is 8.48. The van der Waals surface area contributed by atoms with E-state index in [4.69, 9.17) is 21.1 Å². The number of hydrogen-bond acceptors (Lipinski definition) is 5. The van der Waals surface area contributed by atoms with Crippen LogP contribution in [0.5, 0.6) is 11.5 Å². The van der Waals surface area contributed by atoms with Crippen LogP contribution in [0.3, 0.4) is 0 Å². The highest BCUT2D eigenvalue weighted by Crippen LogP contribution is 2.43. The largest absolute Gasteiger partial charge is 0.488 e. The molecule has 1 N–H and O–H groups in total. The zero-order chi connectivity index (χ0) is 29.1. The van der Waals surface area contributed by atoms with Gasteiger partial charge in [-0.3, -0.25) is 4.98 Å². The molecule has 1 aromatic heterocycles. The van der Waals surface area contributed by atoms with Crippen molar-refractivity contribution < 1.29 is 13.9 Å². The summed E-state index contributed by atoms with van der Waals surface area (Å²) in [5.74, 6) is 0.982. The summed E-state index contributed by atoms with van der Waals surface area (Å²) < 4.78 is 27.5. The normalized spacial score (nSPS) is 17.0. The molecule has 1 fully saturated rings. The van der Waals surface area contributed by atoms with Crippen LogP contribution in [-0.4, -0.2) is 10.5 Å². The van der Waals surface area contributed by atoms with Crippen LogP contribution in [0.4, 0.5) is 4.39 Å². The summed E-state index contributed by atoms with van der Waals surface area (Å²) >= 11 is 6.84. The van der Waals surface area contributed by atoms with Crippen molar-refractivity contribution in [2.75, 3.05) is 0 Å². The Labute approximate surface area is 251 Å². The number of pyridine rings is 1. The molecule has 1 heterocycles. The molecule has 3 aromatic carbocycles. The van der Waals surface area contributed by atoms with Crippen molar-refractivity contribution in [2.45, 2.75) is 70.2 Å². The second kappa shape index (κ2) is 12.1. The fourth-order valence-electron chi connectivity index (χ4n) is 6.19. The number of hydrogen-bond donors (Lipinski definition) is 1. The van der Waals surface area contributed by atoms with Gasteiger partial charge in [0.1, 0.15) is 36.1 Å². The average Bonchev–Trinajstić information content (AvgIpc) is 3.63. The van der Waals surface area contributed by atoms with E-state index in [9.17, 15) is 9.65 Å². The van der Waals surface area contributed by atoms with Gasteiger partial charge in [0.25, 0.3) is 0 Å². The molecule has 0 amide bonds. The van der Waals surface area contributed by atoms with Gasteiger partial charge in [0, 0.05) is 47.2 Å². The first kappa shape index (κ1) is 28.2. The number of ether oxygens (including phenoxy) is 2. The second-order valence-corrected chi connectivity index (χ2v) is 11.9. The second-order valence-electron chi connectivity index (χ2n) is 11.5. The van der Waals surface area contributed by atoms with Crippen LogP contribution in [0.2, 0.25) is 5.02 Å². The standard InChI is InChI=1S/C35H33ClFN3O2/c1-35(13-4-5-14-35)40-21-25-16-30(36)34(17-33(25)41-22-24-15-23(18-38)19-39-20-24)42-32-12-11-27-26(8-6-9-29(27)32)28-7-2-3-10-31(28)37/h2-3,6-10,15-17,19-20,32,40H,4-5,11-14,21-22H2,1H3/t32-/m0/s1. The molecule has 0 aliphatic heterocycles. The molecule has 1 atom stereocenters. The number of nitrogens with one attached hydrogen (secondary N) is 1. The quantitative estimate of drug-likeness (QED) is 0.215. The Kier molecular flexibility index (Phi) is 8.15. The van der Waals surface area contributed by atoms with Gasteiger partial charge in [-0.15, -0.1) is 0 Å². The molecule has 214 valence electrons. The molecular weight excluding hydrogens is 549 g/mol. The van der Waals surface area contributed by atoms with Gasteiger partial charge >= 0.3 is 0 Å². The van der Waals surface area contributed by atoms with E-state index in [1.807, 2.05) is 36.4 Å². The third-order valence-corrected chi connectivity index (χ3v) is 8.79. The predicted molar refractivity (Wildman–Crippen MR) is 162 cm³/mol. The Morgan fingerprint density at radius 1 is 1.05 bits per heavy atom. The van der Waals surface area contributed by atoms with Gasteiger partial charge < -0.3 is 14.8 Å². The maximum Gasteiger partial charge on any atom is 0.142 e. The van der Waals surface area contributed by atoms with Crippen LogP contribution in [0.1, 0.15) is 72.9 Å². The molecular formula is C35H33ClFN3O2. The zero-order valence-electron chi connectivity index (χ0n) is 23.6. The molecule has 0 unspecified atom stereocenters. The van der Waals surface area contributed by atoms with E-state index in [1.54, 1.807) is 18.3 Å². The summed E-state index contributed by atoms with van der Waals surface area (Å²) in [4.78, 5) is 4.16. The minimum absolute atomic E-state index is 0.0907. The first-order valence-corrected chi connectivity index (χ1v) is 14.9. The van der Waals surface area contributed by atoms with Crippen molar-refractivity contribution in [1.82, 2.24) is 10.3 Å². The minimum Gasteiger partial charge on any atom is -0.488 e. The highest BCUT2D eigenvalue weighted by Gasteiger charge is 2.30. The van der Waals surface area contributed by atoms with E-state index in [0.717, 1.165) is 53.5 Å². The monoisotopic (exact) mass is 581 g/mol. The van der Waals surface area contributed by atoms with Gasteiger partial charge in [0.15, 0.2) is 0 Å². The van der Waals surface area contributed by atoms with E-state index in [0.29, 0.717) is 34.2 Å². The molecule has 2 aliphatic carbocycles. The van der Waals surface area contributed by atoms with Gasteiger partial charge in [-0.2, -0.15) is 5.26 Å². The van der Waals surface area contributed by atoms with Gasteiger partial charge in [-0.25, -0.2) is 4.39 Å². The Balaban J connectivity index is 1.28. The van der Waals surface area contributed by atoms with Gasteiger partial charge in [-0.1, -0.05) is 60.8 Å². The SMILES string of the molecule is CC1(NCc2cc(Cl)c(O[C@H]3CCc4c(-c5ccccc5F)cccc43)cc2OCc2cncc(C#N)c2)CCCC1. The molecule has 5 nitrogen and oxygen atoms in total. The summed E-state index contributed by atoms with van der Waals surface area (Å²) in [5, 5.41) is 13.5. The molecule has 0 spiro atoms. The summed E-state index contributed by atoms with van der Waals surface area (Å²) in [7, 11) is 0. The molecule has 0 saturated heterocycles. The summed E-state index contributed by atoms with van der Waals surface area (Å²) in [6.07, 6.45) is 9.31. The fourth-order valence-corrected chi connectivity index (χ4v) is 6.42. The van der Waals surface area contributed by atoms with Crippen LogP contribution in [0.15, 0.2) is 73.1 Å². The third-order valence-electron chi connectivity index (χ3n) is 8.49. The molecule has 42 heavy (non-hydrogen) atoms. The zero-order valence-corrected chi connectivity index (χ0v) is 24.4. The molecule has 4 aromatic rings. The van der Waals surface area contributed by atoms with Gasteiger partial charge in [-0.05, 0) is 67.5 Å². The van der Waals surface area contributed by atoms with Crippen LogP contribution in [-0.2, 0) is 19.6 Å². The lowest BCUT2D eigenvalue weighted by Gasteiger charge is -2.26. The van der Waals surface area contributed by atoms with Gasteiger partial charge in [0.2, 0.25) is 0 Å². The van der Waals surface area contributed by atoms with Crippen molar-refractivity contribution in [3.63, 3.8) is 0 Å². The molecule has 6 rings (SSSR count). The van der Waals surface area contributed by atoms with E-state index < -0.39 is 0 Å². The number of benzene rings is 3. The topological polar surface area (TPSA) is 67.2 Å². The van der Waals surface area contributed by atoms with E-state index in [1.165, 1.54) is 25.1 Å². The lowest BCUT2D eigenvalue weighted by atomic mass is 9.96. The first-order valence-electron chi connectivity index (χ1n) is 14.5. The average molecular weight is 582 g/mol. The maximum absolute atomic E-state index is 14.7. The molecule has 0 bridgehead atoms. The Morgan fingerprint density at radius 3 is 2.67 bits per heavy atom. The highest BCUT2D eigenvalue weighted by atomic mass is 35.5. The smallest absolute Gasteiger partial charge is 0.142 e. The highest BCUT2D eigenvalue weighted by molar-refractivity contribution is 6.32. The number of halogens is 2. The van der Waals surface area contributed by atoms with Crippen LogP contribution < -0.4 is 14.8 Å². The van der Waals surface area contributed by atoms with Crippen molar-refractivity contribution in [1.29, 1.82) is 5.26 Å². The number of nitriles is 1. The maximum atomic E-state index is 14.7. The molecule has 2 aliphatic rings. The first-order chi connectivity index (χ1) is 20.4. The minimum atomic E-state index is -0.230. The Morgan fingerprint density at radius 2 is 1.86 bits per heavy atom. The van der Waals surface area contributed by atoms with Crippen LogP contribution >= 0.6 is 11.6 Å². The lowest BCUT2D eigenvalue weighted by molar-refractivity contribution is 0.206. The number of nitrogens with zero attached hydrogens (tertiary/aromatic N) is 2. The van der Waals surface area contributed by atoms with Crippen molar-refractivity contribution in [2.24, 2.45) is 0 Å². The van der Waals surface area contributed by atoms with E-state index >= 15 is 0 Å². The number of aromatic nitrogens is 1. The molecule has 7 heteroatoms. The van der Waals surface area contributed by atoms with Crippen LogP contribution in [0.25, 0.3) is 11.1 Å². The van der Waals surface area contributed by atoms with Gasteiger partial charge in [0.05, 0.1) is 10.6 Å². The van der Waals surface area contributed by atoms with Crippen molar-refractivity contribution in [3.05, 3.63) is 112 Å².